The lowest BCUT2D eigenvalue weighted by atomic mass is 10.2. The molecular formula is C10H13ClO3S3. The molecule has 0 fully saturated rings. The zero-order valence-corrected chi connectivity index (χ0v) is 12.7. The monoisotopic (exact) mass is 312 g/mol. The van der Waals surface area contributed by atoms with Crippen molar-refractivity contribution >= 4 is 50.3 Å². The van der Waals surface area contributed by atoms with Crippen molar-refractivity contribution < 1.29 is 13.2 Å². The number of hydrogen-bond donors (Lipinski definition) is 0. The Bertz CT molecular complexity index is 493. The van der Waals surface area contributed by atoms with Crippen molar-refractivity contribution in [1.82, 2.24) is 0 Å². The molecule has 0 aliphatic carbocycles. The highest BCUT2D eigenvalue weighted by atomic mass is 35.5. The summed E-state index contributed by atoms with van der Waals surface area (Å²) in [4.78, 5) is 12.5. The Morgan fingerprint density at radius 3 is 2.65 bits per heavy atom. The van der Waals surface area contributed by atoms with Gasteiger partial charge in [-0.2, -0.15) is 0 Å². The van der Waals surface area contributed by atoms with Crippen LogP contribution in [0.4, 0.5) is 0 Å². The van der Waals surface area contributed by atoms with Crippen LogP contribution < -0.4 is 0 Å². The molecule has 17 heavy (non-hydrogen) atoms. The number of hydrogen-bond acceptors (Lipinski definition) is 5. The van der Waals surface area contributed by atoms with Crippen LogP contribution in [-0.4, -0.2) is 37.2 Å². The summed E-state index contributed by atoms with van der Waals surface area (Å²) in [7, 11) is -2.96. The van der Waals surface area contributed by atoms with E-state index in [-0.39, 0.29) is 16.8 Å². The number of Topliss-reactive ketones (excluding diaryl/α,β-unsaturated/α-hetero) is 1. The van der Waals surface area contributed by atoms with Crippen LogP contribution in [0.3, 0.4) is 0 Å². The van der Waals surface area contributed by atoms with E-state index in [2.05, 4.69) is 0 Å². The molecule has 0 radical (unpaired) electrons. The van der Waals surface area contributed by atoms with Gasteiger partial charge in [0.2, 0.25) is 0 Å². The second-order valence-corrected chi connectivity index (χ2v) is 9.03. The van der Waals surface area contributed by atoms with Crippen molar-refractivity contribution in [2.24, 2.45) is 0 Å². The van der Waals surface area contributed by atoms with Gasteiger partial charge < -0.3 is 0 Å². The van der Waals surface area contributed by atoms with E-state index in [0.29, 0.717) is 15.0 Å². The van der Waals surface area contributed by atoms with Gasteiger partial charge in [0.05, 0.1) is 20.2 Å². The largest absolute Gasteiger partial charge is 0.292 e. The summed E-state index contributed by atoms with van der Waals surface area (Å²) in [5.41, 5.74) is 0. The smallest absolute Gasteiger partial charge is 0.185 e. The molecule has 0 bridgehead atoms. The van der Waals surface area contributed by atoms with Gasteiger partial charge in [-0.1, -0.05) is 11.6 Å². The summed E-state index contributed by atoms with van der Waals surface area (Å²) in [6, 6.07) is 3.39. The van der Waals surface area contributed by atoms with Crippen molar-refractivity contribution in [1.29, 1.82) is 0 Å². The van der Waals surface area contributed by atoms with Crippen LogP contribution in [0.5, 0.6) is 0 Å². The number of sulfone groups is 1. The van der Waals surface area contributed by atoms with Gasteiger partial charge in [0.25, 0.3) is 0 Å². The van der Waals surface area contributed by atoms with Gasteiger partial charge in [0.15, 0.2) is 5.78 Å². The van der Waals surface area contributed by atoms with Gasteiger partial charge in [-0.25, -0.2) is 8.42 Å². The Morgan fingerprint density at radius 1 is 1.53 bits per heavy atom. The molecule has 7 heteroatoms. The number of ketones is 1. The third-order valence-corrected chi connectivity index (χ3v) is 5.61. The fourth-order valence-corrected chi connectivity index (χ4v) is 4.47. The third-order valence-electron chi connectivity index (χ3n) is 2.01. The van der Waals surface area contributed by atoms with Crippen molar-refractivity contribution in [2.45, 2.75) is 12.2 Å². The fourth-order valence-electron chi connectivity index (χ4n) is 1.10. The molecule has 1 unspecified atom stereocenters. The lowest BCUT2D eigenvalue weighted by Gasteiger charge is -2.08. The predicted molar refractivity (Wildman–Crippen MR) is 75.3 cm³/mol. The highest BCUT2D eigenvalue weighted by Crippen LogP contribution is 2.25. The quantitative estimate of drug-likeness (QED) is 0.758. The average molecular weight is 313 g/mol. The maximum Gasteiger partial charge on any atom is 0.185 e. The fraction of sp³-hybridized carbons (Fsp3) is 0.500. The summed E-state index contributed by atoms with van der Waals surface area (Å²) < 4.78 is 22.5. The number of thiophene rings is 1. The van der Waals surface area contributed by atoms with Gasteiger partial charge in [-0.3, -0.25) is 4.79 Å². The Kier molecular flexibility index (Phi) is 5.50. The van der Waals surface area contributed by atoms with Crippen molar-refractivity contribution in [3.63, 3.8) is 0 Å². The molecule has 0 aliphatic heterocycles. The topological polar surface area (TPSA) is 51.2 Å². The molecule has 1 heterocycles. The first kappa shape index (κ1) is 15.0. The maximum absolute atomic E-state index is 11.9. The van der Waals surface area contributed by atoms with Crippen LogP contribution in [0.15, 0.2) is 12.1 Å². The summed E-state index contributed by atoms with van der Waals surface area (Å²) in [5.74, 6) is 0.533. The molecule has 0 N–H and O–H groups in total. The standard InChI is InChI=1S/C10H13ClO3S3/c1-7(15-5-6-17(2,13)14)10(12)8-3-4-9(11)16-8/h3-4,7H,5-6H2,1-2H3. The second kappa shape index (κ2) is 6.22. The van der Waals surface area contributed by atoms with E-state index in [1.807, 2.05) is 0 Å². The molecule has 0 saturated carbocycles. The Morgan fingerprint density at radius 2 is 2.18 bits per heavy atom. The number of thioether (sulfide) groups is 1. The van der Waals surface area contributed by atoms with Crippen LogP contribution in [0.25, 0.3) is 0 Å². The first-order valence-electron chi connectivity index (χ1n) is 4.88. The van der Waals surface area contributed by atoms with Crippen molar-refractivity contribution in [3.8, 4) is 0 Å². The second-order valence-electron chi connectivity index (χ2n) is 3.61. The summed E-state index contributed by atoms with van der Waals surface area (Å²) >= 11 is 8.35. The molecule has 0 saturated heterocycles. The van der Waals surface area contributed by atoms with E-state index in [4.69, 9.17) is 11.6 Å². The molecule has 0 spiro atoms. The molecule has 96 valence electrons. The van der Waals surface area contributed by atoms with Crippen LogP contribution in [0.1, 0.15) is 16.6 Å². The maximum atomic E-state index is 11.9. The normalized spacial score (nSPS) is 13.6. The van der Waals surface area contributed by atoms with Crippen LogP contribution in [0.2, 0.25) is 4.34 Å². The molecule has 0 aliphatic rings. The number of rotatable bonds is 6. The zero-order chi connectivity index (χ0) is 13.1. The molecule has 1 rings (SSSR count). The van der Waals surface area contributed by atoms with Crippen LogP contribution in [-0.2, 0) is 9.84 Å². The van der Waals surface area contributed by atoms with E-state index in [9.17, 15) is 13.2 Å². The third kappa shape index (κ3) is 5.42. The minimum atomic E-state index is -2.96. The number of carbonyl (C=O) groups is 1. The lowest BCUT2D eigenvalue weighted by Crippen LogP contribution is -2.15. The molecule has 0 amide bonds. The van der Waals surface area contributed by atoms with E-state index in [1.165, 1.54) is 29.4 Å². The molecule has 1 aromatic rings. The van der Waals surface area contributed by atoms with Gasteiger partial charge in [-0.15, -0.1) is 23.1 Å². The van der Waals surface area contributed by atoms with Crippen LogP contribution in [0, 0.1) is 0 Å². The Balaban J connectivity index is 2.48. The Hall–Kier alpha value is -0.0400. The highest BCUT2D eigenvalue weighted by molar-refractivity contribution is 8.01. The molecule has 1 aromatic heterocycles. The van der Waals surface area contributed by atoms with Gasteiger partial charge in [-0.05, 0) is 19.1 Å². The minimum Gasteiger partial charge on any atom is -0.292 e. The minimum absolute atomic E-state index is 0.000371. The lowest BCUT2D eigenvalue weighted by molar-refractivity contribution is 0.0998. The van der Waals surface area contributed by atoms with Crippen LogP contribution >= 0.6 is 34.7 Å². The van der Waals surface area contributed by atoms with Crippen molar-refractivity contribution in [3.05, 3.63) is 21.3 Å². The first-order chi connectivity index (χ1) is 7.79. The SMILES string of the molecule is CC(SCCS(C)(=O)=O)C(=O)c1ccc(Cl)s1. The number of halogens is 1. The molecular weight excluding hydrogens is 300 g/mol. The van der Waals surface area contributed by atoms with E-state index in [0.717, 1.165) is 0 Å². The molecule has 3 nitrogen and oxygen atoms in total. The van der Waals surface area contributed by atoms with Gasteiger partial charge >= 0.3 is 0 Å². The van der Waals surface area contributed by atoms with Crippen molar-refractivity contribution in [2.75, 3.05) is 17.8 Å². The molecule has 1 atom stereocenters. The first-order valence-corrected chi connectivity index (χ1v) is 9.19. The predicted octanol–water partition coefficient (Wildman–Crippen LogP) is 2.75. The zero-order valence-electron chi connectivity index (χ0n) is 9.47. The van der Waals surface area contributed by atoms with E-state index < -0.39 is 9.84 Å². The van der Waals surface area contributed by atoms with E-state index in [1.54, 1.807) is 19.1 Å². The molecule has 0 aromatic carbocycles. The average Bonchev–Trinajstić information content (AvgIpc) is 2.61. The summed E-state index contributed by atoms with van der Waals surface area (Å²) in [5, 5.41) is -0.244. The van der Waals surface area contributed by atoms with Gasteiger partial charge in [0, 0.05) is 12.0 Å². The highest BCUT2D eigenvalue weighted by Gasteiger charge is 2.17. The van der Waals surface area contributed by atoms with E-state index >= 15 is 0 Å². The summed E-state index contributed by atoms with van der Waals surface area (Å²) in [6.45, 7) is 1.78. The summed E-state index contributed by atoms with van der Waals surface area (Å²) in [6.07, 6.45) is 1.19. The number of carbonyl (C=O) groups excluding carboxylic acids is 1. The Labute approximate surface area is 114 Å². The van der Waals surface area contributed by atoms with Gasteiger partial charge in [0.1, 0.15) is 9.84 Å².